The Morgan fingerprint density at radius 3 is 2.67 bits per heavy atom. The second-order valence-electron chi connectivity index (χ2n) is 8.99. The first kappa shape index (κ1) is 19.3. The number of ether oxygens (including phenoxy) is 2. The Kier molecular flexibility index (Phi) is 5.28. The molecule has 1 heterocycles. The number of benzene rings is 2. The quantitative estimate of drug-likeness (QED) is 0.764. The van der Waals surface area contributed by atoms with Gasteiger partial charge in [-0.1, -0.05) is 36.4 Å². The average molecular weight is 407 g/mol. The highest BCUT2D eigenvalue weighted by Gasteiger charge is 2.41. The van der Waals surface area contributed by atoms with Gasteiger partial charge < -0.3 is 19.7 Å². The van der Waals surface area contributed by atoms with Gasteiger partial charge in [0.15, 0.2) is 11.5 Å². The van der Waals surface area contributed by atoms with Gasteiger partial charge in [0.2, 0.25) is 0 Å². The molecular weight excluding hydrogens is 376 g/mol. The lowest BCUT2D eigenvalue weighted by atomic mass is 9.95. The van der Waals surface area contributed by atoms with Gasteiger partial charge in [0, 0.05) is 25.6 Å². The minimum atomic E-state index is 0.00192. The van der Waals surface area contributed by atoms with Crippen molar-refractivity contribution in [2.24, 2.45) is 11.8 Å². The van der Waals surface area contributed by atoms with Gasteiger partial charge in [-0.25, -0.2) is 4.79 Å². The second kappa shape index (κ2) is 8.21. The van der Waals surface area contributed by atoms with Gasteiger partial charge in [-0.05, 0) is 60.8 Å². The molecule has 2 unspecified atom stereocenters. The number of amides is 2. The molecule has 1 saturated heterocycles. The first-order valence-corrected chi connectivity index (χ1v) is 11.1. The van der Waals surface area contributed by atoms with Crippen molar-refractivity contribution in [1.29, 1.82) is 0 Å². The summed E-state index contributed by atoms with van der Waals surface area (Å²) in [5, 5.41) is 3.06. The van der Waals surface area contributed by atoms with Crippen LogP contribution in [-0.2, 0) is 6.54 Å². The van der Waals surface area contributed by atoms with Crippen molar-refractivity contribution in [3.8, 4) is 11.5 Å². The van der Waals surface area contributed by atoms with E-state index in [1.807, 2.05) is 29.2 Å². The summed E-state index contributed by atoms with van der Waals surface area (Å²) < 4.78 is 12.1. The van der Waals surface area contributed by atoms with E-state index in [9.17, 15) is 4.79 Å². The molecule has 1 aliphatic heterocycles. The van der Waals surface area contributed by atoms with E-state index >= 15 is 0 Å². The number of nitrogens with one attached hydrogen (secondary N) is 1. The van der Waals surface area contributed by atoms with Crippen molar-refractivity contribution >= 4 is 6.03 Å². The van der Waals surface area contributed by atoms with E-state index in [-0.39, 0.29) is 11.9 Å². The average Bonchev–Trinajstić information content (AvgIpc) is 3.39. The molecule has 158 valence electrons. The van der Waals surface area contributed by atoms with E-state index in [1.54, 1.807) is 7.11 Å². The van der Waals surface area contributed by atoms with Crippen molar-refractivity contribution in [2.75, 3.05) is 20.2 Å². The molecule has 2 amide bonds. The molecule has 2 aliphatic carbocycles. The Morgan fingerprint density at radius 2 is 1.93 bits per heavy atom. The van der Waals surface area contributed by atoms with Crippen LogP contribution in [0.25, 0.3) is 0 Å². The Balaban J connectivity index is 1.32. The number of methoxy groups -OCH3 is 1. The van der Waals surface area contributed by atoms with Crippen LogP contribution in [-0.4, -0.2) is 37.2 Å². The Morgan fingerprint density at radius 1 is 1.07 bits per heavy atom. The van der Waals surface area contributed by atoms with Crippen LogP contribution in [0.2, 0.25) is 0 Å². The van der Waals surface area contributed by atoms with Gasteiger partial charge in [0.25, 0.3) is 0 Å². The van der Waals surface area contributed by atoms with Crippen LogP contribution in [0.1, 0.15) is 42.7 Å². The molecule has 5 heteroatoms. The number of rotatable bonds is 6. The number of carbonyl (C=O) groups excluding carboxylic acids is 1. The first-order chi connectivity index (χ1) is 14.7. The van der Waals surface area contributed by atoms with Gasteiger partial charge in [-0.2, -0.15) is 0 Å². The molecule has 2 bridgehead atoms. The zero-order valence-corrected chi connectivity index (χ0v) is 17.5. The van der Waals surface area contributed by atoms with E-state index in [2.05, 4.69) is 29.6 Å². The smallest absolute Gasteiger partial charge is 0.317 e. The number of fused-ring (bicyclic) bond motifs is 2. The summed E-state index contributed by atoms with van der Waals surface area (Å²) in [6.45, 7) is 1.96. The third-order valence-corrected chi connectivity index (χ3v) is 7.05. The standard InChI is InChI=1S/C25H30N2O3/c1-29-22-10-9-19(13-24(22)30-23-12-18-7-8-20(23)11-18)21-14-26-25(28)27(16-21)15-17-5-3-2-4-6-17/h2-6,9-10,13,18,20-21,23H,7-8,11-12,14-16H2,1H3,(H,26,28)/t18-,20-,21?,23?/m0/s1. The van der Waals surface area contributed by atoms with Crippen LogP contribution in [0.15, 0.2) is 48.5 Å². The molecule has 5 nitrogen and oxygen atoms in total. The molecule has 0 spiro atoms. The molecule has 2 saturated carbocycles. The number of nitrogens with zero attached hydrogens (tertiary/aromatic N) is 1. The highest BCUT2D eigenvalue weighted by Crippen LogP contribution is 2.47. The number of urea groups is 1. The van der Waals surface area contributed by atoms with Crippen LogP contribution >= 0.6 is 0 Å². The van der Waals surface area contributed by atoms with Crippen molar-refractivity contribution in [3.05, 3.63) is 59.7 Å². The van der Waals surface area contributed by atoms with Crippen LogP contribution in [0.4, 0.5) is 4.79 Å². The van der Waals surface area contributed by atoms with Crippen molar-refractivity contribution < 1.29 is 14.3 Å². The van der Waals surface area contributed by atoms with Crippen LogP contribution in [0, 0.1) is 11.8 Å². The summed E-state index contributed by atoms with van der Waals surface area (Å²) >= 11 is 0. The van der Waals surface area contributed by atoms with E-state index in [0.717, 1.165) is 23.0 Å². The fourth-order valence-corrected chi connectivity index (χ4v) is 5.43. The van der Waals surface area contributed by atoms with Crippen LogP contribution in [0.3, 0.4) is 0 Å². The first-order valence-electron chi connectivity index (χ1n) is 11.1. The lowest BCUT2D eigenvalue weighted by molar-refractivity contribution is 0.133. The SMILES string of the molecule is COc1ccc(C2CNC(=O)N(Cc3ccccc3)C2)cc1OC1C[C@H]2CC[C@H]1C2. The van der Waals surface area contributed by atoms with Gasteiger partial charge in [-0.3, -0.25) is 0 Å². The predicted molar refractivity (Wildman–Crippen MR) is 116 cm³/mol. The molecule has 5 rings (SSSR count). The van der Waals surface area contributed by atoms with Gasteiger partial charge >= 0.3 is 6.03 Å². The van der Waals surface area contributed by atoms with Crippen LogP contribution < -0.4 is 14.8 Å². The van der Waals surface area contributed by atoms with Crippen LogP contribution in [0.5, 0.6) is 11.5 Å². The summed E-state index contributed by atoms with van der Waals surface area (Å²) in [6, 6.07) is 16.4. The van der Waals surface area contributed by atoms with E-state index in [1.165, 1.54) is 31.2 Å². The summed E-state index contributed by atoms with van der Waals surface area (Å²) in [4.78, 5) is 14.3. The van der Waals surface area contributed by atoms with E-state index < -0.39 is 0 Å². The highest BCUT2D eigenvalue weighted by molar-refractivity contribution is 5.75. The van der Waals surface area contributed by atoms with Crippen molar-refractivity contribution in [2.45, 2.75) is 44.2 Å². The number of hydrogen-bond donors (Lipinski definition) is 1. The Hall–Kier alpha value is -2.69. The zero-order valence-electron chi connectivity index (χ0n) is 17.5. The minimum Gasteiger partial charge on any atom is -0.493 e. The normalized spacial score (nSPS) is 27.8. The molecule has 30 heavy (non-hydrogen) atoms. The maximum Gasteiger partial charge on any atom is 0.317 e. The molecule has 2 aromatic rings. The second-order valence-corrected chi connectivity index (χ2v) is 8.99. The summed E-state index contributed by atoms with van der Waals surface area (Å²) in [5.41, 5.74) is 2.33. The monoisotopic (exact) mass is 406 g/mol. The predicted octanol–water partition coefficient (Wildman–Crippen LogP) is 4.57. The van der Waals surface area contributed by atoms with Gasteiger partial charge in [0.1, 0.15) is 6.10 Å². The molecular formula is C25H30N2O3. The maximum absolute atomic E-state index is 12.4. The summed E-state index contributed by atoms with van der Waals surface area (Å²) in [6.07, 6.45) is 5.45. The summed E-state index contributed by atoms with van der Waals surface area (Å²) in [5.74, 6) is 3.40. The third-order valence-electron chi connectivity index (χ3n) is 7.05. The van der Waals surface area contributed by atoms with Gasteiger partial charge in [-0.15, -0.1) is 0 Å². The molecule has 4 atom stereocenters. The fraction of sp³-hybridized carbons (Fsp3) is 0.480. The Bertz CT molecular complexity index is 901. The highest BCUT2D eigenvalue weighted by atomic mass is 16.5. The molecule has 3 aliphatic rings. The van der Waals surface area contributed by atoms with E-state index in [4.69, 9.17) is 9.47 Å². The molecule has 2 aromatic carbocycles. The lowest BCUT2D eigenvalue weighted by Crippen LogP contribution is -2.49. The van der Waals surface area contributed by atoms with Crippen molar-refractivity contribution in [1.82, 2.24) is 10.2 Å². The van der Waals surface area contributed by atoms with Gasteiger partial charge in [0.05, 0.1) is 7.11 Å². The number of hydrogen-bond acceptors (Lipinski definition) is 3. The molecule has 1 N–H and O–H groups in total. The largest absolute Gasteiger partial charge is 0.493 e. The molecule has 0 aromatic heterocycles. The minimum absolute atomic E-state index is 0.00192. The zero-order chi connectivity index (χ0) is 20.5. The molecule has 0 radical (unpaired) electrons. The maximum atomic E-state index is 12.4. The van der Waals surface area contributed by atoms with Crippen molar-refractivity contribution in [3.63, 3.8) is 0 Å². The van der Waals surface area contributed by atoms with E-state index in [0.29, 0.717) is 31.7 Å². The number of carbonyl (C=O) groups is 1. The Labute approximate surface area is 178 Å². The molecule has 3 fully saturated rings. The topological polar surface area (TPSA) is 50.8 Å². The third kappa shape index (κ3) is 3.85. The summed E-state index contributed by atoms with van der Waals surface area (Å²) in [7, 11) is 1.70. The lowest BCUT2D eigenvalue weighted by Gasteiger charge is -2.34. The fourth-order valence-electron chi connectivity index (χ4n) is 5.43.